The average Bonchev–Trinajstić information content (AvgIpc) is 3.35. The van der Waals surface area contributed by atoms with E-state index >= 15 is 0 Å². The molecular weight excluding hydrogens is 420 g/mol. The van der Waals surface area contributed by atoms with Gasteiger partial charge in [0.05, 0.1) is 31.6 Å². The summed E-state index contributed by atoms with van der Waals surface area (Å²) in [7, 11) is 3.15. The molecule has 2 heterocycles. The SMILES string of the molecule is COc1ccc([C@H]2[C@H]3C(=O)N(c4ccccc4C)C(=O)[C@H]3ON2c2ccccc2)c(OC)c1. The van der Waals surface area contributed by atoms with Gasteiger partial charge in [-0.1, -0.05) is 36.4 Å². The number of amides is 2. The van der Waals surface area contributed by atoms with Crippen molar-refractivity contribution in [2.24, 2.45) is 5.92 Å². The molecule has 0 radical (unpaired) electrons. The van der Waals surface area contributed by atoms with Crippen molar-refractivity contribution >= 4 is 23.2 Å². The van der Waals surface area contributed by atoms with E-state index in [9.17, 15) is 9.59 Å². The van der Waals surface area contributed by atoms with Gasteiger partial charge >= 0.3 is 0 Å². The molecule has 7 nitrogen and oxygen atoms in total. The van der Waals surface area contributed by atoms with Crippen LogP contribution in [0.5, 0.6) is 11.5 Å². The van der Waals surface area contributed by atoms with Gasteiger partial charge in [0.25, 0.3) is 5.91 Å². The zero-order valence-electron chi connectivity index (χ0n) is 18.6. The van der Waals surface area contributed by atoms with Crippen LogP contribution in [0.4, 0.5) is 11.4 Å². The molecule has 2 aliphatic heterocycles. The van der Waals surface area contributed by atoms with Crippen LogP contribution in [0.3, 0.4) is 0 Å². The van der Waals surface area contributed by atoms with Crippen LogP contribution in [0.1, 0.15) is 17.2 Å². The summed E-state index contributed by atoms with van der Waals surface area (Å²) in [5.74, 6) is -0.206. The quantitative estimate of drug-likeness (QED) is 0.553. The topological polar surface area (TPSA) is 68.3 Å². The summed E-state index contributed by atoms with van der Waals surface area (Å²) < 4.78 is 11.0. The zero-order chi connectivity index (χ0) is 23.1. The molecule has 33 heavy (non-hydrogen) atoms. The lowest BCUT2D eigenvalue weighted by atomic mass is 9.90. The number of hydrogen-bond donors (Lipinski definition) is 0. The molecule has 7 heteroatoms. The van der Waals surface area contributed by atoms with Crippen molar-refractivity contribution < 1.29 is 23.9 Å². The minimum absolute atomic E-state index is 0.291. The van der Waals surface area contributed by atoms with Gasteiger partial charge in [0.1, 0.15) is 17.4 Å². The molecule has 0 unspecified atom stereocenters. The van der Waals surface area contributed by atoms with E-state index in [2.05, 4.69) is 0 Å². The lowest BCUT2D eigenvalue weighted by Crippen LogP contribution is -2.37. The van der Waals surface area contributed by atoms with Crippen molar-refractivity contribution in [1.29, 1.82) is 0 Å². The molecule has 2 aliphatic rings. The maximum atomic E-state index is 13.8. The Morgan fingerprint density at radius 1 is 0.848 bits per heavy atom. The first-order valence-electron chi connectivity index (χ1n) is 10.7. The predicted molar refractivity (Wildman–Crippen MR) is 123 cm³/mol. The number of hydroxylamine groups is 1. The van der Waals surface area contributed by atoms with Crippen molar-refractivity contribution in [3.63, 3.8) is 0 Å². The third kappa shape index (κ3) is 3.32. The highest BCUT2D eigenvalue weighted by Crippen LogP contribution is 2.50. The second-order valence-corrected chi connectivity index (χ2v) is 8.06. The van der Waals surface area contributed by atoms with Crippen molar-refractivity contribution in [3.05, 3.63) is 83.9 Å². The van der Waals surface area contributed by atoms with Crippen LogP contribution in [-0.2, 0) is 14.4 Å². The van der Waals surface area contributed by atoms with Crippen molar-refractivity contribution in [1.82, 2.24) is 0 Å². The van der Waals surface area contributed by atoms with E-state index < -0.39 is 18.1 Å². The molecule has 0 bridgehead atoms. The standard InChI is InChI=1S/C26H24N2O5/c1-16-9-7-8-12-20(16)27-25(29)22-23(19-14-13-18(31-2)15-21(19)32-3)28(33-24(22)26(27)30)17-10-5-4-6-11-17/h4-15,22-24H,1-3H3/t22-,23+,24+/m1/s1. The predicted octanol–water partition coefficient (Wildman–Crippen LogP) is 4.06. The minimum atomic E-state index is -0.936. The molecule has 0 spiro atoms. The van der Waals surface area contributed by atoms with Crippen LogP contribution in [0.25, 0.3) is 0 Å². The molecular formula is C26H24N2O5. The molecule has 2 amide bonds. The van der Waals surface area contributed by atoms with E-state index in [1.54, 1.807) is 31.4 Å². The Bertz CT molecular complexity index is 1210. The van der Waals surface area contributed by atoms with Gasteiger partial charge in [-0.2, -0.15) is 0 Å². The van der Waals surface area contributed by atoms with Crippen LogP contribution < -0.4 is 19.4 Å². The van der Waals surface area contributed by atoms with Gasteiger partial charge in [0, 0.05) is 11.6 Å². The molecule has 2 fully saturated rings. The van der Waals surface area contributed by atoms with Crippen LogP contribution >= 0.6 is 0 Å². The van der Waals surface area contributed by atoms with Crippen LogP contribution in [0.15, 0.2) is 72.8 Å². The number of para-hydroxylation sites is 2. The molecule has 168 valence electrons. The number of aryl methyl sites for hydroxylation is 1. The summed E-state index contributed by atoms with van der Waals surface area (Å²) in [5.41, 5.74) is 2.91. The first-order chi connectivity index (χ1) is 16.0. The van der Waals surface area contributed by atoms with Gasteiger partial charge < -0.3 is 9.47 Å². The molecule has 3 aromatic carbocycles. The highest BCUT2D eigenvalue weighted by Gasteiger charge is 2.60. The fraction of sp³-hybridized carbons (Fsp3) is 0.231. The third-order valence-electron chi connectivity index (χ3n) is 6.24. The third-order valence-corrected chi connectivity index (χ3v) is 6.24. The number of rotatable bonds is 5. The molecule has 0 aliphatic carbocycles. The molecule has 3 atom stereocenters. The Morgan fingerprint density at radius 3 is 2.27 bits per heavy atom. The smallest absolute Gasteiger partial charge is 0.266 e. The average molecular weight is 444 g/mol. The Labute approximate surface area is 192 Å². The Hall–Kier alpha value is -3.84. The summed E-state index contributed by atoms with van der Waals surface area (Å²) in [5, 5.41) is 1.66. The Balaban J connectivity index is 1.64. The molecule has 3 aromatic rings. The Morgan fingerprint density at radius 2 is 1.58 bits per heavy atom. The highest BCUT2D eigenvalue weighted by atomic mass is 16.7. The lowest BCUT2D eigenvalue weighted by molar-refractivity contribution is -0.126. The number of hydrogen-bond acceptors (Lipinski definition) is 6. The van der Waals surface area contributed by atoms with Gasteiger partial charge in [0.15, 0.2) is 6.10 Å². The monoisotopic (exact) mass is 444 g/mol. The fourth-order valence-electron chi connectivity index (χ4n) is 4.64. The summed E-state index contributed by atoms with van der Waals surface area (Å²) in [6, 6.07) is 21.7. The van der Waals surface area contributed by atoms with Crippen molar-refractivity contribution in [2.45, 2.75) is 19.1 Å². The first kappa shape index (κ1) is 21.0. The van der Waals surface area contributed by atoms with Crippen LogP contribution in [0.2, 0.25) is 0 Å². The number of fused-ring (bicyclic) bond motifs is 1. The van der Waals surface area contributed by atoms with Crippen LogP contribution in [-0.4, -0.2) is 32.1 Å². The summed E-state index contributed by atoms with van der Waals surface area (Å²) in [6.45, 7) is 1.88. The number of nitrogens with zero attached hydrogens (tertiary/aromatic N) is 2. The van der Waals surface area contributed by atoms with Crippen LogP contribution in [0, 0.1) is 12.8 Å². The van der Waals surface area contributed by atoms with Gasteiger partial charge in [0.2, 0.25) is 5.91 Å². The zero-order valence-corrected chi connectivity index (χ0v) is 18.6. The number of benzene rings is 3. The van der Waals surface area contributed by atoms with E-state index in [1.807, 2.05) is 67.6 Å². The van der Waals surface area contributed by atoms with E-state index in [4.69, 9.17) is 14.3 Å². The fourth-order valence-corrected chi connectivity index (χ4v) is 4.64. The van der Waals surface area contributed by atoms with E-state index in [0.717, 1.165) is 16.8 Å². The number of anilines is 2. The van der Waals surface area contributed by atoms with Gasteiger partial charge in [-0.3, -0.25) is 14.4 Å². The van der Waals surface area contributed by atoms with Gasteiger partial charge in [-0.05, 0) is 42.8 Å². The van der Waals surface area contributed by atoms with E-state index in [-0.39, 0.29) is 11.8 Å². The molecule has 2 saturated heterocycles. The van der Waals surface area contributed by atoms with Crippen molar-refractivity contribution in [3.8, 4) is 11.5 Å². The number of carbonyl (C=O) groups excluding carboxylic acids is 2. The molecule has 0 saturated carbocycles. The number of ether oxygens (including phenoxy) is 2. The number of carbonyl (C=O) groups is 2. The normalized spacial score (nSPS) is 22.0. The largest absolute Gasteiger partial charge is 0.497 e. The second kappa shape index (κ2) is 8.26. The summed E-state index contributed by atoms with van der Waals surface area (Å²) >= 11 is 0. The van der Waals surface area contributed by atoms with Gasteiger partial charge in [-0.15, -0.1) is 0 Å². The molecule has 0 aromatic heterocycles. The molecule has 0 N–H and O–H groups in total. The number of methoxy groups -OCH3 is 2. The summed E-state index contributed by atoms with van der Waals surface area (Å²) in [4.78, 5) is 34.7. The lowest BCUT2D eigenvalue weighted by Gasteiger charge is -2.30. The van der Waals surface area contributed by atoms with Crippen molar-refractivity contribution in [2.75, 3.05) is 24.2 Å². The van der Waals surface area contributed by atoms with E-state index in [1.165, 1.54) is 4.90 Å². The second-order valence-electron chi connectivity index (χ2n) is 8.06. The van der Waals surface area contributed by atoms with E-state index in [0.29, 0.717) is 17.2 Å². The number of imide groups is 1. The molecule has 5 rings (SSSR count). The summed E-state index contributed by atoms with van der Waals surface area (Å²) in [6.07, 6.45) is -0.936. The van der Waals surface area contributed by atoms with Gasteiger partial charge in [-0.25, -0.2) is 9.96 Å². The Kier molecular flexibility index (Phi) is 5.26. The first-order valence-corrected chi connectivity index (χ1v) is 10.7. The maximum Gasteiger partial charge on any atom is 0.266 e. The highest BCUT2D eigenvalue weighted by molar-refractivity contribution is 6.24. The maximum absolute atomic E-state index is 13.8. The minimum Gasteiger partial charge on any atom is -0.497 e.